The SMILES string of the molecule is CC(=O)c1cc(Cl)cc(N)c1O. The molecule has 0 saturated carbocycles. The van der Waals surface area contributed by atoms with Gasteiger partial charge in [-0.3, -0.25) is 4.79 Å². The third-order valence-corrected chi connectivity index (χ3v) is 1.70. The molecule has 0 atom stereocenters. The highest BCUT2D eigenvalue weighted by molar-refractivity contribution is 6.31. The summed E-state index contributed by atoms with van der Waals surface area (Å²) in [6, 6.07) is 2.78. The lowest BCUT2D eigenvalue weighted by molar-refractivity contribution is 0.101. The minimum absolute atomic E-state index is 0.118. The van der Waals surface area contributed by atoms with Crippen molar-refractivity contribution >= 4 is 23.1 Å². The van der Waals surface area contributed by atoms with E-state index >= 15 is 0 Å². The zero-order valence-corrected chi connectivity index (χ0v) is 7.22. The maximum Gasteiger partial charge on any atom is 0.163 e. The molecule has 0 saturated heterocycles. The number of Topliss-reactive ketones (excluding diaryl/α,β-unsaturated/α-hetero) is 1. The van der Waals surface area contributed by atoms with Crippen LogP contribution in [0.25, 0.3) is 0 Å². The molecule has 0 fully saturated rings. The van der Waals surface area contributed by atoms with Gasteiger partial charge in [0.25, 0.3) is 0 Å². The zero-order chi connectivity index (χ0) is 9.30. The van der Waals surface area contributed by atoms with Gasteiger partial charge in [0, 0.05) is 5.02 Å². The Bertz CT molecular complexity index is 336. The van der Waals surface area contributed by atoms with Crippen LogP contribution >= 0.6 is 11.6 Å². The van der Waals surface area contributed by atoms with Crippen LogP contribution in [0.2, 0.25) is 5.02 Å². The molecule has 12 heavy (non-hydrogen) atoms. The fourth-order valence-electron chi connectivity index (χ4n) is 0.889. The van der Waals surface area contributed by atoms with Crippen LogP contribution in [0, 0.1) is 0 Å². The number of ketones is 1. The Kier molecular flexibility index (Phi) is 2.24. The largest absolute Gasteiger partial charge is 0.505 e. The number of nitrogens with two attached hydrogens (primary N) is 1. The second-order valence-electron chi connectivity index (χ2n) is 2.45. The third kappa shape index (κ3) is 1.51. The molecule has 1 aromatic rings. The number of nitrogen functional groups attached to an aromatic ring is 1. The lowest BCUT2D eigenvalue weighted by Crippen LogP contribution is -1.96. The Balaban J connectivity index is 3.37. The maximum absolute atomic E-state index is 10.9. The summed E-state index contributed by atoms with van der Waals surface area (Å²) in [4.78, 5) is 10.9. The summed E-state index contributed by atoms with van der Waals surface area (Å²) in [5.41, 5.74) is 5.64. The van der Waals surface area contributed by atoms with Gasteiger partial charge >= 0.3 is 0 Å². The number of rotatable bonds is 1. The third-order valence-electron chi connectivity index (χ3n) is 1.48. The van der Waals surface area contributed by atoms with E-state index in [4.69, 9.17) is 17.3 Å². The molecule has 4 heteroatoms. The van der Waals surface area contributed by atoms with Crippen LogP contribution in [0.1, 0.15) is 17.3 Å². The zero-order valence-electron chi connectivity index (χ0n) is 6.47. The van der Waals surface area contributed by atoms with Crippen molar-refractivity contribution in [2.45, 2.75) is 6.92 Å². The molecule has 0 aromatic heterocycles. The maximum atomic E-state index is 10.9. The van der Waals surface area contributed by atoms with Gasteiger partial charge in [0.15, 0.2) is 5.78 Å². The van der Waals surface area contributed by atoms with E-state index in [-0.39, 0.29) is 22.8 Å². The summed E-state index contributed by atoms with van der Waals surface area (Å²) >= 11 is 5.62. The number of carbonyl (C=O) groups excluding carboxylic acids is 1. The number of aromatic hydroxyl groups is 1. The van der Waals surface area contributed by atoms with Gasteiger partial charge in [0.1, 0.15) is 5.75 Å². The van der Waals surface area contributed by atoms with Gasteiger partial charge in [0.2, 0.25) is 0 Å². The highest BCUT2D eigenvalue weighted by atomic mass is 35.5. The van der Waals surface area contributed by atoms with Gasteiger partial charge in [-0.2, -0.15) is 0 Å². The monoisotopic (exact) mass is 185 g/mol. The number of hydrogen-bond acceptors (Lipinski definition) is 3. The Morgan fingerprint density at radius 1 is 1.58 bits per heavy atom. The van der Waals surface area contributed by atoms with Crippen molar-refractivity contribution in [3.05, 3.63) is 22.7 Å². The smallest absolute Gasteiger partial charge is 0.163 e. The van der Waals surface area contributed by atoms with E-state index in [1.54, 1.807) is 0 Å². The fraction of sp³-hybridized carbons (Fsp3) is 0.125. The Morgan fingerprint density at radius 3 is 2.67 bits per heavy atom. The van der Waals surface area contributed by atoms with Gasteiger partial charge in [-0.05, 0) is 19.1 Å². The van der Waals surface area contributed by atoms with E-state index in [0.717, 1.165) is 0 Å². The first-order valence-corrected chi connectivity index (χ1v) is 3.69. The van der Waals surface area contributed by atoms with Gasteiger partial charge in [-0.1, -0.05) is 11.6 Å². The van der Waals surface area contributed by atoms with E-state index in [9.17, 15) is 9.90 Å². The second kappa shape index (κ2) is 3.03. The van der Waals surface area contributed by atoms with Crippen LogP contribution in [-0.2, 0) is 0 Å². The molecule has 0 aliphatic heterocycles. The molecule has 0 spiro atoms. The summed E-state index contributed by atoms with van der Waals surface area (Å²) in [5, 5.41) is 9.63. The van der Waals surface area contributed by atoms with Gasteiger partial charge in [-0.15, -0.1) is 0 Å². The summed E-state index contributed by atoms with van der Waals surface area (Å²) in [6.07, 6.45) is 0. The van der Waals surface area contributed by atoms with Crippen LogP contribution in [0.15, 0.2) is 12.1 Å². The highest BCUT2D eigenvalue weighted by Gasteiger charge is 2.10. The molecule has 0 unspecified atom stereocenters. The lowest BCUT2D eigenvalue weighted by Gasteiger charge is -2.03. The predicted octanol–water partition coefficient (Wildman–Crippen LogP) is 1.83. The first-order valence-electron chi connectivity index (χ1n) is 3.31. The molecule has 1 aromatic carbocycles. The van der Waals surface area contributed by atoms with Gasteiger partial charge in [-0.25, -0.2) is 0 Å². The Hall–Kier alpha value is -1.22. The van der Waals surface area contributed by atoms with Gasteiger partial charge < -0.3 is 10.8 Å². The Labute approximate surface area is 74.8 Å². The molecule has 0 radical (unpaired) electrons. The molecule has 0 aliphatic carbocycles. The minimum atomic E-state index is -0.262. The number of anilines is 1. The second-order valence-corrected chi connectivity index (χ2v) is 2.88. The van der Waals surface area contributed by atoms with Gasteiger partial charge in [0.05, 0.1) is 11.3 Å². The van der Waals surface area contributed by atoms with E-state index in [1.807, 2.05) is 0 Å². The molecule has 0 heterocycles. The topological polar surface area (TPSA) is 63.3 Å². The summed E-state index contributed by atoms with van der Waals surface area (Å²) < 4.78 is 0. The summed E-state index contributed by atoms with van der Waals surface area (Å²) in [7, 11) is 0. The van der Waals surface area contributed by atoms with E-state index in [2.05, 4.69) is 0 Å². The van der Waals surface area contributed by atoms with Crippen molar-refractivity contribution in [1.29, 1.82) is 0 Å². The molecule has 64 valence electrons. The van der Waals surface area contributed by atoms with E-state index in [1.165, 1.54) is 19.1 Å². The molecule has 3 nitrogen and oxygen atoms in total. The van der Waals surface area contributed by atoms with Crippen LogP contribution < -0.4 is 5.73 Å². The molecule has 0 bridgehead atoms. The first kappa shape index (κ1) is 8.87. The number of halogens is 1. The number of benzene rings is 1. The predicted molar refractivity (Wildman–Crippen MR) is 47.5 cm³/mol. The first-order chi connectivity index (χ1) is 5.52. The molecule has 3 N–H and O–H groups in total. The molecule has 0 amide bonds. The summed E-state index contributed by atoms with van der Waals surface area (Å²) in [5.74, 6) is -0.464. The molecule has 0 aliphatic rings. The van der Waals surface area contributed by atoms with Crippen molar-refractivity contribution in [1.82, 2.24) is 0 Å². The standard InChI is InChI=1S/C8H8ClNO2/c1-4(11)6-2-5(9)3-7(10)8(6)12/h2-3,12H,10H2,1H3. The van der Waals surface area contributed by atoms with Crippen molar-refractivity contribution in [2.75, 3.05) is 5.73 Å². The molecule has 1 rings (SSSR count). The number of carbonyl (C=O) groups is 1. The number of hydrogen-bond donors (Lipinski definition) is 2. The normalized spacial score (nSPS) is 9.83. The molecular formula is C8H8ClNO2. The average Bonchev–Trinajstić information content (AvgIpc) is 1.96. The molecular weight excluding hydrogens is 178 g/mol. The van der Waals surface area contributed by atoms with E-state index < -0.39 is 0 Å². The van der Waals surface area contributed by atoms with Crippen LogP contribution in [0.5, 0.6) is 5.75 Å². The average molecular weight is 186 g/mol. The number of phenolic OH excluding ortho intramolecular Hbond substituents is 1. The quantitative estimate of drug-likeness (QED) is 0.399. The lowest BCUT2D eigenvalue weighted by atomic mass is 10.1. The van der Waals surface area contributed by atoms with Crippen molar-refractivity contribution in [2.24, 2.45) is 0 Å². The van der Waals surface area contributed by atoms with E-state index in [0.29, 0.717) is 5.02 Å². The van der Waals surface area contributed by atoms with Crippen LogP contribution in [0.4, 0.5) is 5.69 Å². The highest BCUT2D eigenvalue weighted by Crippen LogP contribution is 2.29. The Morgan fingerprint density at radius 2 is 2.17 bits per heavy atom. The van der Waals surface area contributed by atoms with Crippen molar-refractivity contribution < 1.29 is 9.90 Å². The van der Waals surface area contributed by atoms with Crippen LogP contribution in [-0.4, -0.2) is 10.9 Å². The van der Waals surface area contributed by atoms with Crippen molar-refractivity contribution in [3.63, 3.8) is 0 Å². The fourth-order valence-corrected chi connectivity index (χ4v) is 1.12. The number of phenols is 1. The van der Waals surface area contributed by atoms with Crippen LogP contribution in [0.3, 0.4) is 0 Å². The van der Waals surface area contributed by atoms with Crippen molar-refractivity contribution in [3.8, 4) is 5.75 Å². The minimum Gasteiger partial charge on any atom is -0.505 e. The summed E-state index contributed by atoms with van der Waals surface area (Å²) in [6.45, 7) is 1.34.